The first-order valence-electron chi connectivity index (χ1n) is 6.41. The Morgan fingerprint density at radius 2 is 2.22 bits per heavy atom. The van der Waals surface area contributed by atoms with Crippen molar-refractivity contribution in [2.24, 2.45) is 0 Å². The Labute approximate surface area is 108 Å². The zero-order valence-corrected chi connectivity index (χ0v) is 10.9. The number of unbranched alkanes of at least 4 members (excludes halogenated alkanes) is 1. The molecule has 0 radical (unpaired) electrons. The third kappa shape index (κ3) is 6.54. The van der Waals surface area contributed by atoms with E-state index in [1.54, 1.807) is 0 Å². The normalized spacial score (nSPS) is 19.3. The van der Waals surface area contributed by atoms with Crippen molar-refractivity contribution in [3.05, 3.63) is 24.3 Å². The zero-order valence-electron chi connectivity index (χ0n) is 10.9. The van der Waals surface area contributed by atoms with Gasteiger partial charge in [0.1, 0.15) is 12.8 Å². The molecule has 5 heteroatoms. The minimum absolute atomic E-state index is 0.152. The van der Waals surface area contributed by atoms with E-state index in [-0.39, 0.29) is 18.7 Å². The predicted molar refractivity (Wildman–Crippen MR) is 69.6 cm³/mol. The second-order valence-corrected chi connectivity index (χ2v) is 4.02. The van der Waals surface area contributed by atoms with E-state index in [4.69, 9.17) is 9.57 Å². The largest absolute Gasteiger partial charge is 0.367 e. The fourth-order valence-corrected chi connectivity index (χ4v) is 1.31. The van der Waals surface area contributed by atoms with E-state index in [2.05, 4.69) is 23.8 Å². The highest BCUT2D eigenvalue weighted by molar-refractivity contribution is 5.76. The molecule has 5 nitrogen and oxygen atoms in total. The van der Waals surface area contributed by atoms with Gasteiger partial charge in [0, 0.05) is 0 Å². The molecule has 0 amide bonds. The highest BCUT2D eigenvalue weighted by atomic mass is 16.7. The molecule has 18 heavy (non-hydrogen) atoms. The molecule has 1 fully saturated rings. The summed E-state index contributed by atoms with van der Waals surface area (Å²) in [6.45, 7) is 3.71. The van der Waals surface area contributed by atoms with Gasteiger partial charge < -0.3 is 14.9 Å². The number of hydrogen-bond acceptors (Lipinski definition) is 5. The highest BCUT2D eigenvalue weighted by Crippen LogP contribution is 2.02. The summed E-state index contributed by atoms with van der Waals surface area (Å²) in [7, 11) is 0. The molecule has 0 aromatic rings. The summed E-state index contributed by atoms with van der Waals surface area (Å²) in [5, 5.41) is 2.96. The lowest BCUT2D eigenvalue weighted by Crippen LogP contribution is -2.50. The molecule has 0 aromatic heterocycles. The quantitative estimate of drug-likeness (QED) is 0.281. The molecule has 1 aliphatic rings. The van der Waals surface area contributed by atoms with Crippen LogP contribution in [0.2, 0.25) is 0 Å². The summed E-state index contributed by atoms with van der Waals surface area (Å²) in [6.07, 6.45) is 11.1. The van der Waals surface area contributed by atoms with E-state index >= 15 is 0 Å². The van der Waals surface area contributed by atoms with Crippen molar-refractivity contribution >= 4 is 5.97 Å². The van der Waals surface area contributed by atoms with E-state index in [9.17, 15) is 4.79 Å². The van der Waals surface area contributed by atoms with Crippen molar-refractivity contribution < 1.29 is 14.4 Å². The molecule has 0 aliphatic carbocycles. The van der Waals surface area contributed by atoms with Gasteiger partial charge in [0.25, 0.3) is 0 Å². The van der Waals surface area contributed by atoms with Crippen molar-refractivity contribution in [2.45, 2.75) is 32.2 Å². The van der Waals surface area contributed by atoms with E-state index in [0.29, 0.717) is 6.61 Å². The number of hydrogen-bond donors (Lipinski definition) is 2. The molecule has 102 valence electrons. The molecule has 0 spiro atoms. The number of carbonyl (C=O) groups excluding carboxylic acids is 1. The van der Waals surface area contributed by atoms with Crippen LogP contribution in [0.4, 0.5) is 0 Å². The van der Waals surface area contributed by atoms with Crippen molar-refractivity contribution in [2.75, 3.05) is 19.9 Å². The lowest BCUT2D eigenvalue weighted by Gasteiger charge is -2.24. The van der Waals surface area contributed by atoms with Crippen molar-refractivity contribution in [3.8, 4) is 0 Å². The number of hydroxylamine groups is 1. The molecule has 1 rings (SSSR count). The van der Waals surface area contributed by atoms with Gasteiger partial charge in [-0.05, 0) is 19.4 Å². The van der Waals surface area contributed by atoms with Gasteiger partial charge in [-0.3, -0.25) is 0 Å². The van der Waals surface area contributed by atoms with Crippen LogP contribution in [-0.4, -0.2) is 31.9 Å². The molecule has 1 saturated heterocycles. The number of nitrogens with one attached hydrogen (secondary N) is 2. The van der Waals surface area contributed by atoms with Crippen LogP contribution < -0.4 is 10.8 Å². The third-order valence-corrected chi connectivity index (χ3v) is 2.49. The maximum Gasteiger partial charge on any atom is 0.341 e. The average molecular weight is 254 g/mol. The summed E-state index contributed by atoms with van der Waals surface area (Å²) >= 11 is 0. The number of allylic oxidation sites excluding steroid dienone is 3. The predicted octanol–water partition coefficient (Wildman–Crippen LogP) is 1.28. The lowest BCUT2D eigenvalue weighted by molar-refractivity contribution is -0.159. The summed E-state index contributed by atoms with van der Waals surface area (Å²) in [4.78, 5) is 16.0. The van der Waals surface area contributed by atoms with Gasteiger partial charge in [0.05, 0.1) is 6.61 Å². The summed E-state index contributed by atoms with van der Waals surface area (Å²) in [5.41, 5.74) is 2.48. The maximum atomic E-state index is 11.2. The van der Waals surface area contributed by atoms with Crippen LogP contribution in [0, 0.1) is 0 Å². The molecule has 1 heterocycles. The SMILES string of the molecule is CCC/C=C\C=C/COCNOC(=O)C1CCN1. The Morgan fingerprint density at radius 1 is 1.44 bits per heavy atom. The van der Waals surface area contributed by atoms with Gasteiger partial charge in [-0.1, -0.05) is 37.6 Å². The first-order chi connectivity index (χ1) is 8.84. The molecular weight excluding hydrogens is 232 g/mol. The summed E-state index contributed by atoms with van der Waals surface area (Å²) in [5.74, 6) is -0.275. The monoisotopic (exact) mass is 254 g/mol. The van der Waals surface area contributed by atoms with Crippen molar-refractivity contribution in [3.63, 3.8) is 0 Å². The third-order valence-electron chi connectivity index (χ3n) is 2.49. The number of carbonyl (C=O) groups is 1. The van der Waals surface area contributed by atoms with Gasteiger partial charge in [0.2, 0.25) is 0 Å². The summed E-state index contributed by atoms with van der Waals surface area (Å²) in [6, 6.07) is -0.152. The molecule has 1 unspecified atom stereocenters. The molecule has 0 aromatic carbocycles. The lowest BCUT2D eigenvalue weighted by atomic mass is 10.1. The smallest absolute Gasteiger partial charge is 0.341 e. The number of ether oxygens (including phenoxy) is 1. The molecule has 1 aliphatic heterocycles. The Balaban J connectivity index is 1.87. The Morgan fingerprint density at radius 3 is 2.89 bits per heavy atom. The first kappa shape index (κ1) is 14.9. The van der Waals surface area contributed by atoms with Gasteiger partial charge in [0.15, 0.2) is 0 Å². The van der Waals surface area contributed by atoms with Gasteiger partial charge in [-0.2, -0.15) is 0 Å². The number of rotatable bonds is 9. The molecule has 1 atom stereocenters. The van der Waals surface area contributed by atoms with Crippen LogP contribution >= 0.6 is 0 Å². The van der Waals surface area contributed by atoms with Gasteiger partial charge in [-0.25, -0.2) is 4.79 Å². The second kappa shape index (κ2) is 9.82. The summed E-state index contributed by atoms with van der Waals surface area (Å²) < 4.78 is 5.19. The van der Waals surface area contributed by atoms with E-state index in [1.807, 2.05) is 18.2 Å². The van der Waals surface area contributed by atoms with Crippen LogP contribution in [0.1, 0.15) is 26.2 Å². The van der Waals surface area contributed by atoms with Crippen LogP contribution in [0.5, 0.6) is 0 Å². The Bertz CT molecular complexity index is 286. The Hall–Kier alpha value is -1.17. The van der Waals surface area contributed by atoms with Crippen molar-refractivity contribution in [1.82, 2.24) is 10.8 Å². The van der Waals surface area contributed by atoms with Crippen LogP contribution in [-0.2, 0) is 14.4 Å². The first-order valence-corrected chi connectivity index (χ1v) is 6.41. The fourth-order valence-electron chi connectivity index (χ4n) is 1.31. The highest BCUT2D eigenvalue weighted by Gasteiger charge is 2.25. The van der Waals surface area contributed by atoms with Gasteiger partial charge in [-0.15, -0.1) is 5.48 Å². The average Bonchev–Trinajstić information content (AvgIpc) is 2.29. The topological polar surface area (TPSA) is 59.6 Å². The zero-order chi connectivity index (χ0) is 13.1. The molecule has 0 bridgehead atoms. The Kier molecular flexibility index (Phi) is 8.12. The standard InChI is InChI=1S/C13H22N2O3/c1-2-3-4-5-6-7-10-17-11-15-18-13(16)12-8-9-14-12/h4-7,12,14-15H,2-3,8-11H2,1H3/b5-4-,7-6-. The van der Waals surface area contributed by atoms with Crippen molar-refractivity contribution in [1.29, 1.82) is 0 Å². The van der Waals surface area contributed by atoms with Crippen LogP contribution in [0.25, 0.3) is 0 Å². The fraction of sp³-hybridized carbons (Fsp3) is 0.615. The minimum atomic E-state index is -0.275. The molecule has 0 saturated carbocycles. The van der Waals surface area contributed by atoms with Crippen LogP contribution in [0.3, 0.4) is 0 Å². The molecule has 2 N–H and O–H groups in total. The van der Waals surface area contributed by atoms with E-state index in [0.717, 1.165) is 25.8 Å². The van der Waals surface area contributed by atoms with E-state index < -0.39 is 0 Å². The van der Waals surface area contributed by atoms with Crippen LogP contribution in [0.15, 0.2) is 24.3 Å². The van der Waals surface area contributed by atoms with E-state index in [1.165, 1.54) is 0 Å². The minimum Gasteiger partial charge on any atom is -0.367 e. The molecular formula is C13H22N2O3. The maximum absolute atomic E-state index is 11.2. The second-order valence-electron chi connectivity index (χ2n) is 4.02. The van der Waals surface area contributed by atoms with Gasteiger partial charge >= 0.3 is 5.97 Å².